The number of alkyl halides is 2. The average Bonchev–Trinajstić information content (AvgIpc) is 2.06. The molecule has 1 rings (SSSR count). The zero-order valence-corrected chi connectivity index (χ0v) is 10.7. The zero-order chi connectivity index (χ0) is 13.4. The van der Waals surface area contributed by atoms with Crippen LogP contribution in [0.4, 0.5) is 13.2 Å². The van der Waals surface area contributed by atoms with E-state index in [9.17, 15) is 13.2 Å². The zero-order valence-electron chi connectivity index (χ0n) is 9.95. The molecule has 1 nitrogen and oxygen atoms in total. The second-order valence-corrected chi connectivity index (χ2v) is 5.36. The Balaban J connectivity index is 3.19. The van der Waals surface area contributed by atoms with Crippen molar-refractivity contribution < 1.29 is 13.2 Å². The molecule has 0 aliphatic carbocycles. The average molecular weight is 266 g/mol. The lowest BCUT2D eigenvalue weighted by Crippen LogP contribution is -2.38. The molecular weight excluding hydrogens is 251 g/mol. The van der Waals surface area contributed by atoms with Crippen LogP contribution in [0, 0.1) is 12.7 Å². The molecule has 96 valence electrons. The van der Waals surface area contributed by atoms with E-state index in [-0.39, 0.29) is 10.6 Å². The van der Waals surface area contributed by atoms with E-state index in [0.717, 1.165) is 6.07 Å². The van der Waals surface area contributed by atoms with E-state index in [4.69, 9.17) is 17.3 Å². The molecule has 0 saturated heterocycles. The molecule has 0 unspecified atom stereocenters. The van der Waals surface area contributed by atoms with E-state index >= 15 is 0 Å². The SMILES string of the molecule is Cc1cc(Cl)c(C(F)(F)CC(C)(C)N)cc1F. The molecule has 1 aromatic carbocycles. The maximum Gasteiger partial charge on any atom is 0.276 e. The van der Waals surface area contributed by atoms with Gasteiger partial charge in [-0.05, 0) is 38.5 Å². The highest BCUT2D eigenvalue weighted by atomic mass is 35.5. The molecule has 0 heterocycles. The molecule has 0 bridgehead atoms. The van der Waals surface area contributed by atoms with Crippen molar-refractivity contribution in [2.24, 2.45) is 5.73 Å². The van der Waals surface area contributed by atoms with Crippen molar-refractivity contribution >= 4 is 11.6 Å². The minimum atomic E-state index is -3.25. The Bertz CT molecular complexity index is 424. The smallest absolute Gasteiger partial charge is 0.276 e. The Kier molecular flexibility index (Phi) is 3.79. The molecule has 0 spiro atoms. The van der Waals surface area contributed by atoms with E-state index < -0.39 is 29.3 Å². The van der Waals surface area contributed by atoms with Gasteiger partial charge in [0.2, 0.25) is 0 Å². The first-order valence-corrected chi connectivity index (χ1v) is 5.53. The van der Waals surface area contributed by atoms with Crippen molar-refractivity contribution in [3.05, 3.63) is 34.1 Å². The number of aryl methyl sites for hydroxylation is 1. The first kappa shape index (κ1) is 14.3. The fourth-order valence-corrected chi connectivity index (χ4v) is 1.95. The molecule has 2 N–H and O–H groups in total. The number of nitrogens with two attached hydrogens (primary N) is 1. The second-order valence-electron chi connectivity index (χ2n) is 4.95. The summed E-state index contributed by atoms with van der Waals surface area (Å²) in [6.45, 7) is 4.44. The summed E-state index contributed by atoms with van der Waals surface area (Å²) in [6, 6.07) is 1.98. The molecule has 0 aliphatic rings. The van der Waals surface area contributed by atoms with Gasteiger partial charge in [0.25, 0.3) is 5.92 Å². The molecule has 0 fully saturated rings. The topological polar surface area (TPSA) is 26.0 Å². The third-order valence-corrected chi connectivity index (χ3v) is 2.63. The van der Waals surface area contributed by atoms with Gasteiger partial charge in [-0.3, -0.25) is 0 Å². The second kappa shape index (κ2) is 4.50. The van der Waals surface area contributed by atoms with Crippen LogP contribution in [0.25, 0.3) is 0 Å². The van der Waals surface area contributed by atoms with Crippen molar-refractivity contribution in [3.8, 4) is 0 Å². The largest absolute Gasteiger partial charge is 0.325 e. The lowest BCUT2D eigenvalue weighted by molar-refractivity contribution is -0.0297. The van der Waals surface area contributed by atoms with E-state index in [1.54, 1.807) is 0 Å². The molecule has 0 aromatic heterocycles. The number of halogens is 4. The van der Waals surface area contributed by atoms with Crippen molar-refractivity contribution in [1.82, 2.24) is 0 Å². The summed E-state index contributed by atoms with van der Waals surface area (Å²) in [6.07, 6.45) is -0.595. The lowest BCUT2D eigenvalue weighted by Gasteiger charge is -2.26. The molecule has 0 aliphatic heterocycles. The normalized spacial score (nSPS) is 12.9. The van der Waals surface area contributed by atoms with Crippen molar-refractivity contribution in [3.63, 3.8) is 0 Å². The minimum Gasteiger partial charge on any atom is -0.325 e. The summed E-state index contributed by atoms with van der Waals surface area (Å²) in [5, 5.41) is -0.141. The molecule has 5 heteroatoms. The van der Waals surface area contributed by atoms with Crippen molar-refractivity contribution in [1.29, 1.82) is 0 Å². The monoisotopic (exact) mass is 265 g/mol. The maximum atomic E-state index is 13.9. The molecular formula is C12H15ClF3N. The maximum absolute atomic E-state index is 13.9. The Morgan fingerprint density at radius 2 is 1.82 bits per heavy atom. The van der Waals surface area contributed by atoms with Crippen LogP contribution in [0.15, 0.2) is 12.1 Å². The Morgan fingerprint density at radius 1 is 1.29 bits per heavy atom. The first-order chi connectivity index (χ1) is 7.53. The fourth-order valence-electron chi connectivity index (χ4n) is 1.59. The van der Waals surface area contributed by atoms with Crippen molar-refractivity contribution in [2.45, 2.75) is 38.7 Å². The third kappa shape index (κ3) is 3.61. The van der Waals surface area contributed by atoms with E-state index in [1.165, 1.54) is 26.8 Å². The van der Waals surface area contributed by atoms with Crippen LogP contribution in [0.3, 0.4) is 0 Å². The number of benzene rings is 1. The van der Waals surface area contributed by atoms with Crippen LogP contribution in [0.5, 0.6) is 0 Å². The fraction of sp³-hybridized carbons (Fsp3) is 0.500. The molecule has 0 saturated carbocycles. The van der Waals surface area contributed by atoms with Gasteiger partial charge in [-0.15, -0.1) is 0 Å². The molecule has 0 radical (unpaired) electrons. The number of hydrogen-bond acceptors (Lipinski definition) is 1. The number of hydrogen-bond donors (Lipinski definition) is 1. The van der Waals surface area contributed by atoms with Gasteiger partial charge in [-0.2, -0.15) is 0 Å². The van der Waals surface area contributed by atoms with Crippen LogP contribution in [-0.4, -0.2) is 5.54 Å². The summed E-state index contributed by atoms with van der Waals surface area (Å²) in [5.41, 5.74) is 4.22. The Labute approximate surface area is 104 Å². The Hall–Kier alpha value is -0.740. The molecule has 0 atom stereocenters. The van der Waals surface area contributed by atoms with E-state index in [2.05, 4.69) is 0 Å². The predicted octanol–water partition coefficient (Wildman–Crippen LogP) is 4.01. The standard InChI is InChI=1S/C12H15ClF3N/c1-7-4-9(13)8(5-10(7)14)12(15,16)6-11(2,3)17/h4-5H,6,17H2,1-3H3. The highest BCUT2D eigenvalue weighted by Gasteiger charge is 2.38. The Morgan fingerprint density at radius 3 is 2.29 bits per heavy atom. The van der Waals surface area contributed by atoms with Gasteiger partial charge in [0.15, 0.2) is 0 Å². The summed E-state index contributed by atoms with van der Waals surface area (Å²) >= 11 is 5.73. The molecule has 1 aromatic rings. The summed E-state index contributed by atoms with van der Waals surface area (Å²) in [7, 11) is 0. The van der Waals surface area contributed by atoms with Gasteiger partial charge in [-0.25, -0.2) is 13.2 Å². The van der Waals surface area contributed by atoms with Crippen LogP contribution in [-0.2, 0) is 5.92 Å². The van der Waals surface area contributed by atoms with Crippen molar-refractivity contribution in [2.75, 3.05) is 0 Å². The van der Waals surface area contributed by atoms with Gasteiger partial charge in [0.05, 0.1) is 5.02 Å². The van der Waals surface area contributed by atoms with Gasteiger partial charge in [-0.1, -0.05) is 11.6 Å². The summed E-state index contributed by atoms with van der Waals surface area (Å²) in [4.78, 5) is 0. The highest BCUT2D eigenvalue weighted by Crippen LogP contribution is 2.39. The van der Waals surface area contributed by atoms with Gasteiger partial charge < -0.3 is 5.73 Å². The molecule has 0 amide bonds. The van der Waals surface area contributed by atoms with Crippen LogP contribution in [0.1, 0.15) is 31.4 Å². The minimum absolute atomic E-state index is 0.141. The van der Waals surface area contributed by atoms with Gasteiger partial charge >= 0.3 is 0 Å². The summed E-state index contributed by atoms with van der Waals surface area (Å²) < 4.78 is 41.1. The molecule has 17 heavy (non-hydrogen) atoms. The third-order valence-electron chi connectivity index (χ3n) is 2.32. The lowest BCUT2D eigenvalue weighted by atomic mass is 9.92. The first-order valence-electron chi connectivity index (χ1n) is 5.16. The van der Waals surface area contributed by atoms with E-state index in [0.29, 0.717) is 0 Å². The highest BCUT2D eigenvalue weighted by molar-refractivity contribution is 6.31. The van der Waals surface area contributed by atoms with Gasteiger partial charge in [0, 0.05) is 17.5 Å². The number of rotatable bonds is 3. The quantitative estimate of drug-likeness (QED) is 0.878. The van der Waals surface area contributed by atoms with Crippen LogP contribution < -0.4 is 5.73 Å². The van der Waals surface area contributed by atoms with Crippen LogP contribution >= 0.6 is 11.6 Å². The van der Waals surface area contributed by atoms with Crippen LogP contribution in [0.2, 0.25) is 5.02 Å². The predicted molar refractivity (Wildman–Crippen MR) is 62.9 cm³/mol. The van der Waals surface area contributed by atoms with E-state index in [1.807, 2.05) is 0 Å². The van der Waals surface area contributed by atoms with Gasteiger partial charge in [0.1, 0.15) is 5.82 Å². The summed E-state index contributed by atoms with van der Waals surface area (Å²) in [5.74, 6) is -3.94.